The number of hydrogen-bond acceptors (Lipinski definition) is 5. The Labute approximate surface area is 254 Å². The molecule has 218 valence electrons. The molecule has 3 heterocycles. The molecule has 0 amide bonds. The molecule has 43 heavy (non-hydrogen) atoms. The van der Waals surface area contributed by atoms with Crippen LogP contribution in [0.4, 0.5) is 0 Å². The van der Waals surface area contributed by atoms with E-state index >= 15 is 0 Å². The van der Waals surface area contributed by atoms with Gasteiger partial charge in [0.05, 0.1) is 34.1 Å². The summed E-state index contributed by atoms with van der Waals surface area (Å²) in [6.07, 6.45) is 1.98. The molecule has 0 aliphatic carbocycles. The van der Waals surface area contributed by atoms with Crippen molar-refractivity contribution in [2.75, 3.05) is 6.61 Å². The Morgan fingerprint density at radius 2 is 1.79 bits per heavy atom. The highest BCUT2D eigenvalue weighted by Crippen LogP contribution is 2.34. The summed E-state index contributed by atoms with van der Waals surface area (Å²) in [6.45, 7) is 12.3. The van der Waals surface area contributed by atoms with E-state index in [1.165, 1.54) is 16.9 Å². The number of aryl methyl sites for hydroxylation is 2. The Balaban J connectivity index is 1.61. The van der Waals surface area contributed by atoms with Crippen LogP contribution in [0.2, 0.25) is 0 Å². The van der Waals surface area contributed by atoms with Gasteiger partial charge >= 0.3 is 5.97 Å². The lowest BCUT2D eigenvalue weighted by Crippen LogP contribution is -2.39. The van der Waals surface area contributed by atoms with E-state index in [9.17, 15) is 9.59 Å². The fourth-order valence-corrected chi connectivity index (χ4v) is 6.98. The Morgan fingerprint density at radius 3 is 2.47 bits per heavy atom. The van der Waals surface area contributed by atoms with E-state index in [0.717, 1.165) is 44.4 Å². The van der Waals surface area contributed by atoms with E-state index in [4.69, 9.17) is 9.73 Å². The smallest absolute Gasteiger partial charge is 0.338 e. The first-order chi connectivity index (χ1) is 20.7. The third kappa shape index (κ3) is 5.08. The van der Waals surface area contributed by atoms with Crippen molar-refractivity contribution in [2.24, 2.45) is 4.99 Å². The fraction of sp³-hybridized carbons (Fsp3) is 0.250. The number of esters is 1. The zero-order chi connectivity index (χ0) is 30.4. The molecule has 0 unspecified atom stereocenters. The fourth-order valence-electron chi connectivity index (χ4n) is 5.96. The molecule has 2 aromatic heterocycles. The Bertz CT molecular complexity index is 2080. The van der Waals surface area contributed by atoms with Gasteiger partial charge in [-0.1, -0.05) is 91.4 Å². The molecule has 1 atom stereocenters. The van der Waals surface area contributed by atoms with Crippen molar-refractivity contribution in [1.29, 1.82) is 0 Å². The number of carbonyl (C=O) groups is 1. The minimum Gasteiger partial charge on any atom is -0.463 e. The minimum absolute atomic E-state index is 0.186. The van der Waals surface area contributed by atoms with Crippen LogP contribution in [0, 0.1) is 13.8 Å². The molecule has 3 aromatic carbocycles. The quantitative estimate of drug-likeness (QED) is 0.224. The van der Waals surface area contributed by atoms with Gasteiger partial charge in [0.15, 0.2) is 4.80 Å². The van der Waals surface area contributed by atoms with Crippen molar-refractivity contribution in [3.8, 4) is 11.3 Å². The third-order valence-electron chi connectivity index (χ3n) is 8.06. The molecular weight excluding hydrogens is 554 g/mol. The van der Waals surface area contributed by atoms with Crippen LogP contribution >= 0.6 is 11.3 Å². The average molecular weight is 590 g/mol. The molecule has 0 saturated heterocycles. The molecule has 7 heteroatoms. The first-order valence-corrected chi connectivity index (χ1v) is 15.5. The van der Waals surface area contributed by atoms with Crippen LogP contribution in [-0.4, -0.2) is 22.1 Å². The van der Waals surface area contributed by atoms with Gasteiger partial charge in [-0.15, -0.1) is 0 Å². The number of rotatable bonds is 6. The molecule has 0 saturated carbocycles. The van der Waals surface area contributed by atoms with E-state index in [0.29, 0.717) is 26.5 Å². The van der Waals surface area contributed by atoms with E-state index in [-0.39, 0.29) is 12.2 Å². The molecule has 1 aliphatic rings. The van der Waals surface area contributed by atoms with Crippen LogP contribution in [0.15, 0.2) is 87.8 Å². The lowest BCUT2D eigenvalue weighted by Gasteiger charge is -2.25. The minimum atomic E-state index is -0.639. The van der Waals surface area contributed by atoms with Gasteiger partial charge in [0.1, 0.15) is 0 Å². The van der Waals surface area contributed by atoms with Gasteiger partial charge in [-0.2, -0.15) is 0 Å². The number of allylic oxidation sites excluding steroid dienone is 1. The second kappa shape index (κ2) is 11.3. The van der Waals surface area contributed by atoms with Gasteiger partial charge in [0.2, 0.25) is 0 Å². The molecule has 0 radical (unpaired) electrons. The highest BCUT2D eigenvalue weighted by molar-refractivity contribution is 7.07. The lowest BCUT2D eigenvalue weighted by molar-refractivity contribution is -0.139. The number of H-pyrrole nitrogens is 1. The van der Waals surface area contributed by atoms with E-state index < -0.39 is 12.0 Å². The first-order valence-electron chi connectivity index (χ1n) is 14.7. The highest BCUT2D eigenvalue weighted by atomic mass is 32.1. The molecular formula is C36H35N3O3S. The molecule has 1 N–H and O–H groups in total. The SMILES string of the molecule is CCOC(=O)C1=C(C)N=c2s/c(=C/c3c(-c4ccccc4)[nH]c4c(C)cc(C)cc34)c(=O)n2[C@H]1c1ccc(C(C)C)cc1. The molecule has 0 fully saturated rings. The second-order valence-electron chi connectivity index (χ2n) is 11.4. The average Bonchev–Trinajstić information content (AvgIpc) is 3.50. The maximum absolute atomic E-state index is 14.3. The van der Waals surface area contributed by atoms with Crippen LogP contribution in [0.1, 0.15) is 67.5 Å². The summed E-state index contributed by atoms with van der Waals surface area (Å²) in [5.41, 5.74) is 9.10. The summed E-state index contributed by atoms with van der Waals surface area (Å²) < 4.78 is 7.68. The number of fused-ring (bicyclic) bond motifs is 2. The molecule has 6 rings (SSSR count). The summed E-state index contributed by atoms with van der Waals surface area (Å²) in [5, 5.41) is 1.06. The van der Waals surface area contributed by atoms with E-state index in [1.807, 2.05) is 43.3 Å². The van der Waals surface area contributed by atoms with Gasteiger partial charge in [-0.05, 0) is 68.0 Å². The number of nitrogens with one attached hydrogen (secondary N) is 1. The van der Waals surface area contributed by atoms with E-state index in [2.05, 4.69) is 69.1 Å². The maximum atomic E-state index is 14.3. The monoisotopic (exact) mass is 589 g/mol. The predicted octanol–water partition coefficient (Wildman–Crippen LogP) is 6.69. The number of benzene rings is 3. The van der Waals surface area contributed by atoms with Gasteiger partial charge < -0.3 is 9.72 Å². The van der Waals surface area contributed by atoms with Crippen molar-refractivity contribution in [3.05, 3.63) is 126 Å². The second-order valence-corrected chi connectivity index (χ2v) is 12.4. The standard InChI is InChI=1S/C36H35N3O3S/c1-7-42-35(41)30-23(6)37-36-39(33(30)26-15-13-24(14-16-26)20(2)3)34(40)29(43-36)19-28-27-18-21(4)17-22(5)31(27)38-32(28)25-11-9-8-10-12-25/h8-20,33,38H,7H2,1-6H3/b29-19+/t33-/m0/s1. The van der Waals surface area contributed by atoms with Crippen molar-refractivity contribution in [2.45, 2.75) is 53.5 Å². The molecule has 1 aliphatic heterocycles. The number of aromatic amines is 1. The summed E-state index contributed by atoms with van der Waals surface area (Å²) in [6, 6.07) is 22.0. The number of aromatic nitrogens is 2. The van der Waals surface area contributed by atoms with Gasteiger partial charge in [0.25, 0.3) is 5.56 Å². The Kier molecular flexibility index (Phi) is 7.52. The maximum Gasteiger partial charge on any atom is 0.338 e. The van der Waals surface area contributed by atoms with Gasteiger partial charge in [0, 0.05) is 16.5 Å². The van der Waals surface area contributed by atoms with Gasteiger partial charge in [-0.25, -0.2) is 9.79 Å². The van der Waals surface area contributed by atoms with Crippen LogP contribution in [0.25, 0.3) is 28.2 Å². The molecule has 0 bridgehead atoms. The molecule has 0 spiro atoms. The van der Waals surface area contributed by atoms with Crippen LogP contribution in [-0.2, 0) is 9.53 Å². The predicted molar refractivity (Wildman–Crippen MR) is 174 cm³/mol. The van der Waals surface area contributed by atoms with Crippen molar-refractivity contribution in [3.63, 3.8) is 0 Å². The first kappa shape index (κ1) is 28.6. The summed E-state index contributed by atoms with van der Waals surface area (Å²) in [4.78, 5) is 36.6. The summed E-state index contributed by atoms with van der Waals surface area (Å²) >= 11 is 1.35. The zero-order valence-corrected chi connectivity index (χ0v) is 26.1. The Hall–Kier alpha value is -4.49. The van der Waals surface area contributed by atoms with E-state index in [1.54, 1.807) is 11.5 Å². The number of nitrogens with zero attached hydrogens (tertiary/aromatic N) is 2. The van der Waals surface area contributed by atoms with Crippen molar-refractivity contribution in [1.82, 2.24) is 9.55 Å². The number of carbonyl (C=O) groups excluding carboxylic acids is 1. The zero-order valence-electron chi connectivity index (χ0n) is 25.3. The number of thiazole rings is 1. The summed E-state index contributed by atoms with van der Waals surface area (Å²) in [5.74, 6) is -0.0926. The third-order valence-corrected chi connectivity index (χ3v) is 9.05. The van der Waals surface area contributed by atoms with Crippen LogP contribution < -0.4 is 14.9 Å². The van der Waals surface area contributed by atoms with Crippen molar-refractivity contribution >= 4 is 34.3 Å². The number of ether oxygens (including phenoxy) is 1. The van der Waals surface area contributed by atoms with Crippen molar-refractivity contribution < 1.29 is 9.53 Å². The molecule has 5 aromatic rings. The van der Waals surface area contributed by atoms with Crippen LogP contribution in [0.5, 0.6) is 0 Å². The summed E-state index contributed by atoms with van der Waals surface area (Å²) in [7, 11) is 0. The largest absolute Gasteiger partial charge is 0.463 e. The Morgan fingerprint density at radius 1 is 1.07 bits per heavy atom. The van der Waals surface area contributed by atoms with Gasteiger partial charge in [-0.3, -0.25) is 9.36 Å². The highest BCUT2D eigenvalue weighted by Gasteiger charge is 2.33. The lowest BCUT2D eigenvalue weighted by atomic mass is 9.93. The van der Waals surface area contributed by atoms with Crippen LogP contribution in [0.3, 0.4) is 0 Å². The topological polar surface area (TPSA) is 76.4 Å². The normalized spacial score (nSPS) is 15.2. The molecule has 6 nitrogen and oxygen atoms in total. The number of hydrogen-bond donors (Lipinski definition) is 1.